The first-order chi connectivity index (χ1) is 9.79. The maximum absolute atomic E-state index is 12.6. The molecule has 1 saturated carbocycles. The van der Waals surface area contributed by atoms with Gasteiger partial charge in [0.25, 0.3) is 5.91 Å². The molecule has 2 unspecified atom stereocenters. The second-order valence-corrected chi connectivity index (χ2v) is 5.37. The molecule has 1 aromatic rings. The molecular formula is C15H21N3O2. The molecule has 2 heterocycles. The lowest BCUT2D eigenvalue weighted by Crippen LogP contribution is -2.51. The Labute approximate surface area is 119 Å². The second-order valence-electron chi connectivity index (χ2n) is 5.37. The Balaban J connectivity index is 1.74. The molecule has 0 spiro atoms. The number of anilines is 1. The molecule has 20 heavy (non-hydrogen) atoms. The maximum Gasteiger partial charge on any atom is 0.255 e. The van der Waals surface area contributed by atoms with Gasteiger partial charge in [-0.3, -0.25) is 4.79 Å². The number of ether oxygens (including phenoxy) is 1. The van der Waals surface area contributed by atoms with Crippen LogP contribution in [0.5, 0.6) is 0 Å². The van der Waals surface area contributed by atoms with Gasteiger partial charge in [-0.15, -0.1) is 0 Å². The van der Waals surface area contributed by atoms with Crippen molar-refractivity contribution in [3.63, 3.8) is 0 Å². The van der Waals surface area contributed by atoms with E-state index in [4.69, 9.17) is 4.74 Å². The molecule has 1 aromatic heterocycles. The van der Waals surface area contributed by atoms with E-state index in [1.165, 1.54) is 0 Å². The van der Waals surface area contributed by atoms with Crippen LogP contribution in [0, 0.1) is 0 Å². The van der Waals surface area contributed by atoms with Gasteiger partial charge in [-0.25, -0.2) is 4.98 Å². The van der Waals surface area contributed by atoms with Gasteiger partial charge in [0.1, 0.15) is 5.82 Å². The van der Waals surface area contributed by atoms with E-state index in [0.717, 1.165) is 31.6 Å². The van der Waals surface area contributed by atoms with Gasteiger partial charge in [0.2, 0.25) is 0 Å². The fraction of sp³-hybridized carbons (Fsp3) is 0.600. The number of nitrogens with zero attached hydrogens (tertiary/aromatic N) is 2. The first-order valence-corrected chi connectivity index (χ1v) is 7.42. The van der Waals surface area contributed by atoms with E-state index in [2.05, 4.69) is 10.3 Å². The van der Waals surface area contributed by atoms with Crippen molar-refractivity contribution in [1.82, 2.24) is 9.88 Å². The minimum Gasteiger partial charge on any atom is -0.374 e. The smallest absolute Gasteiger partial charge is 0.255 e. The Morgan fingerprint density at radius 3 is 3.15 bits per heavy atom. The molecule has 3 rings (SSSR count). The van der Waals surface area contributed by atoms with Crippen molar-refractivity contribution in [1.29, 1.82) is 0 Å². The predicted octanol–water partition coefficient (Wildman–Crippen LogP) is 1.91. The number of carbonyl (C=O) groups excluding carboxylic acids is 1. The number of rotatable bonds is 3. The van der Waals surface area contributed by atoms with Gasteiger partial charge in [-0.1, -0.05) is 0 Å². The fourth-order valence-electron chi connectivity index (χ4n) is 3.15. The molecule has 2 fully saturated rings. The zero-order valence-electron chi connectivity index (χ0n) is 11.8. The summed E-state index contributed by atoms with van der Waals surface area (Å²) in [5, 5.41) is 3.13. The average molecular weight is 275 g/mol. The Kier molecular flexibility index (Phi) is 3.87. The number of fused-ring (bicyclic) bond motifs is 1. The van der Waals surface area contributed by atoms with E-state index in [1.807, 2.05) is 24.0 Å². The number of hydrogen-bond acceptors (Lipinski definition) is 4. The lowest BCUT2D eigenvalue weighted by molar-refractivity contribution is -0.0445. The van der Waals surface area contributed by atoms with Gasteiger partial charge in [0, 0.05) is 19.3 Å². The molecular weight excluding hydrogens is 254 g/mol. The zero-order valence-corrected chi connectivity index (χ0v) is 11.8. The number of morpholine rings is 1. The third-order valence-electron chi connectivity index (χ3n) is 4.11. The third-order valence-corrected chi connectivity index (χ3v) is 4.11. The summed E-state index contributed by atoms with van der Waals surface area (Å²) in [6.45, 7) is 4.19. The van der Waals surface area contributed by atoms with Crippen LogP contribution in [0.2, 0.25) is 0 Å². The van der Waals surface area contributed by atoms with Crippen molar-refractivity contribution in [2.75, 3.05) is 25.0 Å². The molecule has 1 aliphatic carbocycles. The molecule has 0 radical (unpaired) electrons. The zero-order chi connectivity index (χ0) is 13.9. The van der Waals surface area contributed by atoms with Gasteiger partial charge in [-0.2, -0.15) is 0 Å². The summed E-state index contributed by atoms with van der Waals surface area (Å²) in [6, 6.07) is 3.97. The first kappa shape index (κ1) is 13.4. The van der Waals surface area contributed by atoms with Gasteiger partial charge in [-0.05, 0) is 38.3 Å². The van der Waals surface area contributed by atoms with E-state index in [-0.39, 0.29) is 18.1 Å². The summed E-state index contributed by atoms with van der Waals surface area (Å²) >= 11 is 0. The van der Waals surface area contributed by atoms with Crippen molar-refractivity contribution in [3.05, 3.63) is 23.9 Å². The normalized spacial score (nSPS) is 25.4. The summed E-state index contributed by atoms with van der Waals surface area (Å²) in [5.74, 6) is 0.894. The van der Waals surface area contributed by atoms with Crippen LogP contribution in [0.4, 0.5) is 5.82 Å². The Hall–Kier alpha value is -1.62. The van der Waals surface area contributed by atoms with E-state index in [9.17, 15) is 4.79 Å². The maximum atomic E-state index is 12.6. The van der Waals surface area contributed by atoms with E-state index in [0.29, 0.717) is 18.7 Å². The van der Waals surface area contributed by atoms with Crippen LogP contribution < -0.4 is 5.32 Å². The van der Waals surface area contributed by atoms with E-state index < -0.39 is 0 Å². The number of aromatic nitrogens is 1. The highest BCUT2D eigenvalue weighted by Gasteiger charge is 2.38. The first-order valence-electron chi connectivity index (χ1n) is 7.42. The van der Waals surface area contributed by atoms with Crippen molar-refractivity contribution >= 4 is 11.7 Å². The summed E-state index contributed by atoms with van der Waals surface area (Å²) in [6.07, 6.45) is 5.18. The molecule has 1 aliphatic heterocycles. The number of nitrogens with one attached hydrogen (secondary N) is 1. The van der Waals surface area contributed by atoms with Crippen LogP contribution in [0.3, 0.4) is 0 Å². The van der Waals surface area contributed by atoms with Crippen LogP contribution in [0.25, 0.3) is 0 Å². The summed E-state index contributed by atoms with van der Waals surface area (Å²) in [7, 11) is 0. The highest BCUT2D eigenvalue weighted by molar-refractivity contribution is 5.94. The standard InChI is InChI=1S/C15H21N3O2/c1-2-16-14-7-6-11(10-17-14)15(19)18-8-9-20-13-5-3-4-12(13)18/h6-7,10,12-13H,2-5,8-9H2,1H3,(H,16,17). The highest BCUT2D eigenvalue weighted by Crippen LogP contribution is 2.30. The van der Waals surface area contributed by atoms with E-state index >= 15 is 0 Å². The summed E-state index contributed by atoms with van der Waals surface area (Å²) < 4.78 is 5.75. The molecule has 5 heteroatoms. The van der Waals surface area contributed by atoms with Crippen molar-refractivity contribution in [2.45, 2.75) is 38.3 Å². The molecule has 2 atom stereocenters. The molecule has 2 aliphatic rings. The number of hydrogen-bond donors (Lipinski definition) is 1. The van der Waals surface area contributed by atoms with Crippen molar-refractivity contribution < 1.29 is 9.53 Å². The molecule has 0 bridgehead atoms. The van der Waals surface area contributed by atoms with Crippen molar-refractivity contribution in [3.8, 4) is 0 Å². The number of amides is 1. The second kappa shape index (κ2) is 5.79. The van der Waals surface area contributed by atoms with Crippen LogP contribution >= 0.6 is 0 Å². The Morgan fingerprint density at radius 1 is 1.50 bits per heavy atom. The monoisotopic (exact) mass is 275 g/mol. The lowest BCUT2D eigenvalue weighted by atomic mass is 10.1. The Morgan fingerprint density at radius 2 is 2.40 bits per heavy atom. The quantitative estimate of drug-likeness (QED) is 0.915. The highest BCUT2D eigenvalue weighted by atomic mass is 16.5. The summed E-state index contributed by atoms with van der Waals surface area (Å²) in [5.41, 5.74) is 0.666. The van der Waals surface area contributed by atoms with Gasteiger partial charge in [0.15, 0.2) is 0 Å². The Bertz CT molecular complexity index is 475. The minimum atomic E-state index is 0.0840. The summed E-state index contributed by atoms with van der Waals surface area (Å²) in [4.78, 5) is 18.9. The fourth-order valence-corrected chi connectivity index (χ4v) is 3.15. The number of carbonyl (C=O) groups is 1. The molecule has 1 N–H and O–H groups in total. The SMILES string of the molecule is CCNc1ccc(C(=O)N2CCOC3CCCC32)cn1. The van der Waals surface area contributed by atoms with Crippen LogP contribution in [0.1, 0.15) is 36.5 Å². The number of pyridine rings is 1. The topological polar surface area (TPSA) is 54.5 Å². The third kappa shape index (κ3) is 2.50. The lowest BCUT2D eigenvalue weighted by Gasteiger charge is -2.37. The largest absolute Gasteiger partial charge is 0.374 e. The molecule has 0 aromatic carbocycles. The van der Waals surface area contributed by atoms with Gasteiger partial charge in [0.05, 0.1) is 24.3 Å². The molecule has 5 nitrogen and oxygen atoms in total. The molecule has 1 saturated heterocycles. The van der Waals surface area contributed by atoms with Crippen LogP contribution in [-0.4, -0.2) is 47.6 Å². The molecule has 108 valence electrons. The van der Waals surface area contributed by atoms with Gasteiger partial charge >= 0.3 is 0 Å². The van der Waals surface area contributed by atoms with Crippen LogP contribution in [-0.2, 0) is 4.74 Å². The van der Waals surface area contributed by atoms with Gasteiger partial charge < -0.3 is 15.0 Å². The minimum absolute atomic E-state index is 0.0840. The van der Waals surface area contributed by atoms with Crippen molar-refractivity contribution in [2.24, 2.45) is 0 Å². The van der Waals surface area contributed by atoms with E-state index in [1.54, 1.807) is 6.20 Å². The molecule has 1 amide bonds. The predicted molar refractivity (Wildman–Crippen MR) is 76.8 cm³/mol. The average Bonchev–Trinajstić information content (AvgIpc) is 2.96. The van der Waals surface area contributed by atoms with Crippen LogP contribution in [0.15, 0.2) is 18.3 Å².